The van der Waals surface area contributed by atoms with E-state index in [1.165, 1.54) is 5.56 Å². The fraction of sp³-hybridized carbons (Fsp3) is 0.348. The number of anilines is 2. The van der Waals surface area contributed by atoms with Gasteiger partial charge in [-0.3, -0.25) is 9.48 Å². The first-order valence-electron chi connectivity index (χ1n) is 10.3. The van der Waals surface area contributed by atoms with Crippen LogP contribution in [0.2, 0.25) is 0 Å². The molecule has 1 atom stereocenters. The molecule has 0 fully saturated rings. The fourth-order valence-electron chi connectivity index (χ4n) is 4.56. The van der Waals surface area contributed by atoms with E-state index in [1.807, 2.05) is 28.8 Å². The van der Waals surface area contributed by atoms with E-state index in [1.54, 1.807) is 0 Å². The van der Waals surface area contributed by atoms with Gasteiger partial charge in [-0.05, 0) is 30.5 Å². The van der Waals surface area contributed by atoms with Gasteiger partial charge in [-0.1, -0.05) is 47.7 Å². The van der Waals surface area contributed by atoms with Gasteiger partial charge in [0, 0.05) is 39.0 Å². The summed E-state index contributed by atoms with van der Waals surface area (Å²) in [7, 11) is 1.91. The highest BCUT2D eigenvalue weighted by Crippen LogP contribution is 2.36. The number of aromatic nitrogens is 3. The molecule has 1 aliphatic carbocycles. The van der Waals surface area contributed by atoms with E-state index in [4.69, 9.17) is 0 Å². The molecule has 0 saturated carbocycles. The van der Waals surface area contributed by atoms with Crippen LogP contribution in [0.25, 0.3) is 0 Å². The minimum Gasteiger partial charge on any atom is -0.364 e. The maximum Gasteiger partial charge on any atom is 0.230 e. The highest BCUT2D eigenvalue weighted by atomic mass is 16.2. The molecule has 0 spiro atoms. The lowest BCUT2D eigenvalue weighted by atomic mass is 9.88. The molecule has 148 valence electrons. The van der Waals surface area contributed by atoms with Gasteiger partial charge in [-0.2, -0.15) is 0 Å². The van der Waals surface area contributed by atoms with E-state index in [0.717, 1.165) is 61.7 Å². The Bertz CT molecular complexity index is 1030. The van der Waals surface area contributed by atoms with Gasteiger partial charge in [0.2, 0.25) is 5.91 Å². The van der Waals surface area contributed by atoms with Gasteiger partial charge in [-0.25, -0.2) is 0 Å². The third kappa shape index (κ3) is 3.28. The van der Waals surface area contributed by atoms with Crippen LogP contribution in [0.4, 0.5) is 11.4 Å². The maximum absolute atomic E-state index is 13.5. The van der Waals surface area contributed by atoms with Crippen LogP contribution in [-0.2, 0) is 31.2 Å². The molecule has 1 amide bonds. The van der Waals surface area contributed by atoms with Crippen molar-refractivity contribution >= 4 is 17.3 Å². The second-order valence-corrected chi connectivity index (χ2v) is 7.93. The molecule has 6 heteroatoms. The van der Waals surface area contributed by atoms with Gasteiger partial charge in [0.15, 0.2) is 0 Å². The van der Waals surface area contributed by atoms with Crippen LogP contribution >= 0.6 is 0 Å². The lowest BCUT2D eigenvalue weighted by Gasteiger charge is -2.39. The Morgan fingerprint density at radius 2 is 1.79 bits per heavy atom. The molecule has 0 saturated heterocycles. The normalized spacial score (nSPS) is 18.3. The van der Waals surface area contributed by atoms with Gasteiger partial charge < -0.3 is 9.80 Å². The van der Waals surface area contributed by atoms with Crippen molar-refractivity contribution in [2.24, 2.45) is 13.0 Å². The van der Waals surface area contributed by atoms with Crippen molar-refractivity contribution in [1.82, 2.24) is 15.0 Å². The van der Waals surface area contributed by atoms with Crippen molar-refractivity contribution in [2.45, 2.75) is 25.8 Å². The molecule has 6 nitrogen and oxygen atoms in total. The van der Waals surface area contributed by atoms with Crippen molar-refractivity contribution in [3.8, 4) is 0 Å². The summed E-state index contributed by atoms with van der Waals surface area (Å²) in [5, 5.41) is 8.36. The first-order valence-corrected chi connectivity index (χ1v) is 10.3. The third-order valence-corrected chi connectivity index (χ3v) is 6.13. The largest absolute Gasteiger partial charge is 0.364 e. The standard InChI is InChI=1S/C23H25N5O/c1-26-22-15-18(11-12-19(22)24-25-26)23(29)28-14-13-27(16-17-7-3-2-4-8-17)20-9-5-6-10-21(20)28/h2-10,18H,11-16H2,1H3/t18-/m1/s1. The number of rotatable bonds is 3. The summed E-state index contributed by atoms with van der Waals surface area (Å²) in [5.41, 5.74) is 5.59. The first kappa shape index (κ1) is 17.9. The van der Waals surface area contributed by atoms with E-state index >= 15 is 0 Å². The smallest absolute Gasteiger partial charge is 0.230 e. The van der Waals surface area contributed by atoms with E-state index < -0.39 is 0 Å². The van der Waals surface area contributed by atoms with Crippen LogP contribution in [-0.4, -0.2) is 34.0 Å². The average molecular weight is 387 g/mol. The van der Waals surface area contributed by atoms with Gasteiger partial charge in [0.05, 0.1) is 22.8 Å². The number of hydrogen-bond acceptors (Lipinski definition) is 4. The van der Waals surface area contributed by atoms with Crippen LogP contribution in [0.15, 0.2) is 54.6 Å². The SMILES string of the molecule is Cn1nnc2c1C[C@H](C(=O)N1CCN(Cc3ccccc3)c3ccccc31)CC2. The molecule has 2 heterocycles. The minimum absolute atomic E-state index is 0.00608. The predicted molar refractivity (Wildman–Crippen MR) is 113 cm³/mol. The molecule has 3 aromatic rings. The number of aryl methyl sites for hydroxylation is 2. The summed E-state index contributed by atoms with van der Waals surface area (Å²) in [4.78, 5) is 17.9. The third-order valence-electron chi connectivity index (χ3n) is 6.13. The number of benzene rings is 2. The van der Waals surface area contributed by atoms with E-state index in [0.29, 0.717) is 0 Å². The van der Waals surface area contributed by atoms with E-state index in [9.17, 15) is 4.79 Å². The molecule has 5 rings (SSSR count). The molecule has 0 bridgehead atoms. The topological polar surface area (TPSA) is 54.3 Å². The van der Waals surface area contributed by atoms with E-state index in [2.05, 4.69) is 57.7 Å². The van der Waals surface area contributed by atoms with Crippen LogP contribution in [0.1, 0.15) is 23.4 Å². The molecule has 29 heavy (non-hydrogen) atoms. The monoisotopic (exact) mass is 387 g/mol. The Hall–Kier alpha value is -3.15. The van der Waals surface area contributed by atoms with E-state index in [-0.39, 0.29) is 11.8 Å². The number of hydrogen-bond donors (Lipinski definition) is 0. The molecular formula is C23H25N5O. The van der Waals surface area contributed by atoms with Crippen molar-refractivity contribution in [3.05, 3.63) is 71.5 Å². The highest BCUT2D eigenvalue weighted by molar-refractivity contribution is 5.99. The summed E-state index contributed by atoms with van der Waals surface area (Å²) in [5.74, 6) is 0.220. The Morgan fingerprint density at radius 1 is 1.03 bits per heavy atom. The quantitative estimate of drug-likeness (QED) is 0.693. The number of nitrogens with zero attached hydrogens (tertiary/aromatic N) is 5. The minimum atomic E-state index is -0.00608. The summed E-state index contributed by atoms with van der Waals surface area (Å²) in [6.07, 6.45) is 2.40. The van der Waals surface area contributed by atoms with Gasteiger partial charge in [-0.15, -0.1) is 5.10 Å². The summed E-state index contributed by atoms with van der Waals surface area (Å²) in [6, 6.07) is 18.8. The zero-order valence-corrected chi connectivity index (χ0v) is 16.7. The van der Waals surface area contributed by atoms with Crippen molar-refractivity contribution in [1.29, 1.82) is 0 Å². The van der Waals surface area contributed by atoms with Crippen molar-refractivity contribution in [2.75, 3.05) is 22.9 Å². The van der Waals surface area contributed by atoms with Gasteiger partial charge in [0.1, 0.15) is 0 Å². The molecule has 0 radical (unpaired) electrons. The zero-order valence-electron chi connectivity index (χ0n) is 16.7. The number of para-hydroxylation sites is 2. The van der Waals surface area contributed by atoms with Crippen LogP contribution in [0.5, 0.6) is 0 Å². The average Bonchev–Trinajstić information content (AvgIpc) is 3.14. The Kier molecular flexibility index (Phi) is 4.54. The number of amides is 1. The number of carbonyl (C=O) groups is 1. The van der Waals surface area contributed by atoms with Crippen LogP contribution in [0, 0.1) is 5.92 Å². The fourth-order valence-corrected chi connectivity index (χ4v) is 4.56. The Balaban J connectivity index is 1.39. The molecular weight excluding hydrogens is 362 g/mol. The first-order chi connectivity index (χ1) is 14.2. The Labute approximate surface area is 170 Å². The van der Waals surface area contributed by atoms with Crippen LogP contribution < -0.4 is 9.80 Å². The lowest BCUT2D eigenvalue weighted by molar-refractivity contribution is -0.122. The van der Waals surface area contributed by atoms with Gasteiger partial charge >= 0.3 is 0 Å². The van der Waals surface area contributed by atoms with Crippen molar-refractivity contribution < 1.29 is 4.79 Å². The molecule has 2 aromatic carbocycles. The lowest BCUT2D eigenvalue weighted by Crippen LogP contribution is -2.47. The second-order valence-electron chi connectivity index (χ2n) is 7.93. The number of fused-ring (bicyclic) bond motifs is 2. The van der Waals surface area contributed by atoms with Gasteiger partial charge in [0.25, 0.3) is 0 Å². The zero-order chi connectivity index (χ0) is 19.8. The number of carbonyl (C=O) groups excluding carboxylic acids is 1. The second kappa shape index (κ2) is 7.35. The summed E-state index contributed by atoms with van der Waals surface area (Å²) < 4.78 is 1.82. The maximum atomic E-state index is 13.5. The van der Waals surface area contributed by atoms with Crippen LogP contribution in [0.3, 0.4) is 0 Å². The molecule has 0 unspecified atom stereocenters. The molecule has 2 aliphatic rings. The Morgan fingerprint density at radius 3 is 2.62 bits per heavy atom. The molecule has 1 aliphatic heterocycles. The summed E-state index contributed by atoms with van der Waals surface area (Å²) in [6.45, 7) is 2.41. The van der Waals surface area contributed by atoms with Crippen molar-refractivity contribution in [3.63, 3.8) is 0 Å². The molecule has 1 aromatic heterocycles. The highest BCUT2D eigenvalue weighted by Gasteiger charge is 2.34. The summed E-state index contributed by atoms with van der Waals surface area (Å²) >= 11 is 0. The molecule has 0 N–H and O–H groups in total. The predicted octanol–water partition coefficient (Wildman–Crippen LogP) is 2.97.